The average molecular weight is 554 g/mol. The SMILES string of the molecule is N=C(N)c1cccn2c(-c3ccccc3)c(-c3ccc(CN4CCC(c5n[nH]c(-c6ccccn6)n5)CC4)cc3)nc12. The van der Waals surface area contributed by atoms with Crippen molar-refractivity contribution >= 4 is 11.5 Å². The largest absolute Gasteiger partial charge is 0.384 e. The quantitative estimate of drug-likeness (QED) is 0.177. The Bertz CT molecular complexity index is 1830. The van der Waals surface area contributed by atoms with E-state index in [1.54, 1.807) is 6.20 Å². The molecule has 208 valence electrons. The van der Waals surface area contributed by atoms with E-state index in [1.165, 1.54) is 5.56 Å². The number of pyridine rings is 2. The first kappa shape index (κ1) is 25.8. The van der Waals surface area contributed by atoms with Gasteiger partial charge in [-0.25, -0.2) is 9.97 Å². The molecule has 0 atom stereocenters. The Hall–Kier alpha value is -5.15. The second-order valence-corrected chi connectivity index (χ2v) is 10.7. The number of nitrogen functional groups attached to an aromatic ring is 1. The number of hydrogen-bond acceptors (Lipinski definition) is 6. The molecular weight excluding hydrogens is 522 g/mol. The van der Waals surface area contributed by atoms with E-state index in [2.05, 4.69) is 56.5 Å². The molecule has 9 heteroatoms. The Labute approximate surface area is 243 Å². The molecule has 0 amide bonds. The van der Waals surface area contributed by atoms with Crippen LogP contribution in [0, 0.1) is 5.41 Å². The molecule has 0 spiro atoms. The topological polar surface area (TPSA) is 125 Å². The van der Waals surface area contributed by atoms with Gasteiger partial charge in [0, 0.05) is 36.0 Å². The number of piperidine rings is 1. The second kappa shape index (κ2) is 11.0. The van der Waals surface area contributed by atoms with E-state index < -0.39 is 0 Å². The van der Waals surface area contributed by atoms with Gasteiger partial charge in [0.25, 0.3) is 0 Å². The molecule has 0 radical (unpaired) electrons. The molecule has 2 aromatic carbocycles. The number of hydrogen-bond donors (Lipinski definition) is 3. The van der Waals surface area contributed by atoms with Crippen LogP contribution in [0.4, 0.5) is 0 Å². The molecule has 7 rings (SSSR count). The van der Waals surface area contributed by atoms with Crippen molar-refractivity contribution in [2.24, 2.45) is 5.73 Å². The molecular formula is C33H31N9. The number of nitrogens with zero attached hydrogens (tertiary/aromatic N) is 6. The van der Waals surface area contributed by atoms with E-state index >= 15 is 0 Å². The van der Waals surface area contributed by atoms with Crippen molar-refractivity contribution in [3.05, 3.63) is 114 Å². The van der Waals surface area contributed by atoms with E-state index in [1.807, 2.05) is 59.1 Å². The Morgan fingerprint density at radius 1 is 0.881 bits per heavy atom. The molecule has 0 aliphatic carbocycles. The van der Waals surface area contributed by atoms with Gasteiger partial charge in [-0.2, -0.15) is 5.10 Å². The minimum atomic E-state index is 0.00703. The molecule has 1 fully saturated rings. The highest BCUT2D eigenvalue weighted by Crippen LogP contribution is 2.34. The van der Waals surface area contributed by atoms with Crippen LogP contribution in [0.3, 0.4) is 0 Å². The number of rotatable bonds is 7. The molecule has 1 aliphatic heterocycles. The maximum Gasteiger partial charge on any atom is 0.174 e. The molecule has 4 aromatic heterocycles. The molecule has 5 heterocycles. The third-order valence-electron chi connectivity index (χ3n) is 7.98. The van der Waals surface area contributed by atoms with Crippen molar-refractivity contribution < 1.29 is 0 Å². The summed E-state index contributed by atoms with van der Waals surface area (Å²) < 4.78 is 2.03. The first-order valence-corrected chi connectivity index (χ1v) is 14.2. The van der Waals surface area contributed by atoms with E-state index in [0.29, 0.717) is 17.1 Å². The predicted molar refractivity (Wildman–Crippen MR) is 164 cm³/mol. The molecule has 42 heavy (non-hydrogen) atoms. The maximum atomic E-state index is 8.06. The number of nitrogens with two attached hydrogens (primary N) is 1. The average Bonchev–Trinajstić information content (AvgIpc) is 3.69. The van der Waals surface area contributed by atoms with Gasteiger partial charge in [-0.05, 0) is 55.8 Å². The lowest BCUT2D eigenvalue weighted by Gasteiger charge is -2.30. The minimum absolute atomic E-state index is 0.00703. The lowest BCUT2D eigenvalue weighted by atomic mass is 9.95. The van der Waals surface area contributed by atoms with Crippen LogP contribution in [-0.4, -0.2) is 53.4 Å². The third kappa shape index (κ3) is 4.95. The molecule has 4 N–H and O–H groups in total. The van der Waals surface area contributed by atoms with Crippen molar-refractivity contribution in [1.82, 2.24) is 34.4 Å². The number of nitrogens with one attached hydrogen (secondary N) is 2. The van der Waals surface area contributed by atoms with Crippen LogP contribution in [0.5, 0.6) is 0 Å². The van der Waals surface area contributed by atoms with Crippen molar-refractivity contribution in [3.8, 4) is 34.0 Å². The van der Waals surface area contributed by atoms with Crippen molar-refractivity contribution in [2.45, 2.75) is 25.3 Å². The minimum Gasteiger partial charge on any atom is -0.384 e. The first-order valence-electron chi connectivity index (χ1n) is 14.2. The lowest BCUT2D eigenvalue weighted by molar-refractivity contribution is 0.202. The lowest BCUT2D eigenvalue weighted by Crippen LogP contribution is -2.32. The zero-order valence-corrected chi connectivity index (χ0v) is 23.1. The summed E-state index contributed by atoms with van der Waals surface area (Å²) in [6, 6.07) is 28.5. The van der Waals surface area contributed by atoms with Gasteiger partial charge in [0.2, 0.25) is 0 Å². The van der Waals surface area contributed by atoms with Gasteiger partial charge in [-0.3, -0.25) is 24.8 Å². The molecule has 1 aliphatic rings. The highest BCUT2D eigenvalue weighted by Gasteiger charge is 2.24. The Kier molecular flexibility index (Phi) is 6.77. The summed E-state index contributed by atoms with van der Waals surface area (Å²) in [6.45, 7) is 2.89. The zero-order chi connectivity index (χ0) is 28.5. The molecule has 1 saturated heterocycles. The summed E-state index contributed by atoms with van der Waals surface area (Å²) in [5.74, 6) is 1.97. The number of H-pyrrole nitrogens is 1. The van der Waals surface area contributed by atoms with Gasteiger partial charge in [-0.1, -0.05) is 60.7 Å². The Morgan fingerprint density at radius 2 is 1.67 bits per heavy atom. The smallest absolute Gasteiger partial charge is 0.174 e. The Balaban J connectivity index is 1.07. The number of aromatic nitrogens is 6. The molecule has 0 unspecified atom stereocenters. The number of benzene rings is 2. The van der Waals surface area contributed by atoms with E-state index in [0.717, 1.165) is 72.3 Å². The first-order chi connectivity index (χ1) is 20.6. The van der Waals surface area contributed by atoms with Gasteiger partial charge in [-0.15, -0.1) is 0 Å². The summed E-state index contributed by atoms with van der Waals surface area (Å²) in [5.41, 5.74) is 13.2. The van der Waals surface area contributed by atoms with Gasteiger partial charge in [0.15, 0.2) is 11.6 Å². The fourth-order valence-electron chi connectivity index (χ4n) is 5.80. The molecule has 6 aromatic rings. The van der Waals surface area contributed by atoms with Gasteiger partial charge < -0.3 is 5.73 Å². The number of likely N-dealkylation sites (tertiary alicyclic amines) is 1. The van der Waals surface area contributed by atoms with Crippen LogP contribution < -0.4 is 5.73 Å². The summed E-state index contributed by atoms with van der Waals surface area (Å²) in [4.78, 5) is 16.6. The third-order valence-corrected chi connectivity index (χ3v) is 7.98. The van der Waals surface area contributed by atoms with E-state index in [4.69, 9.17) is 21.1 Å². The van der Waals surface area contributed by atoms with Gasteiger partial charge in [0.05, 0.1) is 17.0 Å². The highest BCUT2D eigenvalue weighted by atomic mass is 15.2. The van der Waals surface area contributed by atoms with Crippen LogP contribution in [0.2, 0.25) is 0 Å². The van der Waals surface area contributed by atoms with Crippen LogP contribution in [0.25, 0.3) is 39.7 Å². The van der Waals surface area contributed by atoms with E-state index in [-0.39, 0.29) is 5.84 Å². The predicted octanol–water partition coefficient (Wildman–Crippen LogP) is 5.51. The van der Waals surface area contributed by atoms with Gasteiger partial charge >= 0.3 is 0 Å². The standard InChI is InChI=1S/C33H31N9/c34-30(35)26-9-6-18-42-29(24-7-2-1-3-8-24)28(37-33(26)42)23-13-11-22(12-14-23)21-41-19-15-25(16-20-41)31-38-32(40-39-31)27-10-4-5-17-36-27/h1-14,17-18,25H,15-16,19-21H2,(H3,34,35)(H,38,39,40). The highest BCUT2D eigenvalue weighted by molar-refractivity contribution is 6.01. The van der Waals surface area contributed by atoms with Gasteiger partial charge in [0.1, 0.15) is 17.2 Å². The second-order valence-electron chi connectivity index (χ2n) is 10.7. The number of aromatic amines is 1. The summed E-state index contributed by atoms with van der Waals surface area (Å²) in [7, 11) is 0. The van der Waals surface area contributed by atoms with Crippen LogP contribution in [0.1, 0.15) is 35.7 Å². The van der Waals surface area contributed by atoms with Crippen LogP contribution >= 0.6 is 0 Å². The number of imidazole rings is 1. The monoisotopic (exact) mass is 553 g/mol. The Morgan fingerprint density at radius 3 is 2.40 bits per heavy atom. The summed E-state index contributed by atoms with van der Waals surface area (Å²) >= 11 is 0. The summed E-state index contributed by atoms with van der Waals surface area (Å²) in [5, 5.41) is 15.6. The zero-order valence-electron chi connectivity index (χ0n) is 23.1. The fourth-order valence-corrected chi connectivity index (χ4v) is 5.80. The summed E-state index contributed by atoms with van der Waals surface area (Å²) in [6.07, 6.45) is 5.80. The van der Waals surface area contributed by atoms with Crippen molar-refractivity contribution in [2.75, 3.05) is 13.1 Å². The molecule has 0 bridgehead atoms. The molecule has 0 saturated carbocycles. The normalized spacial score (nSPS) is 14.4. The molecule has 9 nitrogen and oxygen atoms in total. The van der Waals surface area contributed by atoms with Crippen molar-refractivity contribution in [1.29, 1.82) is 5.41 Å². The fraction of sp³-hybridized carbons (Fsp3) is 0.182. The number of fused-ring (bicyclic) bond motifs is 1. The van der Waals surface area contributed by atoms with Crippen molar-refractivity contribution in [3.63, 3.8) is 0 Å². The maximum absolute atomic E-state index is 8.06. The number of amidine groups is 1. The van der Waals surface area contributed by atoms with Crippen LogP contribution in [0.15, 0.2) is 97.3 Å². The van der Waals surface area contributed by atoms with E-state index in [9.17, 15) is 0 Å². The van der Waals surface area contributed by atoms with Crippen LogP contribution in [-0.2, 0) is 6.54 Å².